The monoisotopic (exact) mass is 388 g/mol. The van der Waals surface area contributed by atoms with Gasteiger partial charge in [-0.1, -0.05) is 32.0 Å². The van der Waals surface area contributed by atoms with Crippen molar-refractivity contribution in [3.63, 3.8) is 0 Å². The second-order valence-electron chi connectivity index (χ2n) is 6.81. The van der Waals surface area contributed by atoms with Gasteiger partial charge in [0.1, 0.15) is 0 Å². The summed E-state index contributed by atoms with van der Waals surface area (Å²) >= 11 is 0. The van der Waals surface area contributed by atoms with Crippen molar-refractivity contribution >= 4 is 33.0 Å². The van der Waals surface area contributed by atoms with Crippen molar-refractivity contribution in [2.45, 2.75) is 32.1 Å². The third-order valence-electron chi connectivity index (χ3n) is 4.02. The molecule has 0 bridgehead atoms. The first-order valence-corrected chi connectivity index (χ1v) is 10.5. The second-order valence-corrected chi connectivity index (χ2v) is 8.83. The number of hydrogen-bond donors (Lipinski definition) is 2. The molecule has 2 aromatic carbocycles. The van der Waals surface area contributed by atoms with Gasteiger partial charge in [0.05, 0.1) is 11.3 Å². The summed E-state index contributed by atoms with van der Waals surface area (Å²) in [6, 6.07) is 11.5. The van der Waals surface area contributed by atoms with Crippen molar-refractivity contribution in [2.75, 3.05) is 16.9 Å². The molecule has 0 radical (unpaired) electrons. The topological polar surface area (TPSA) is 92.3 Å². The zero-order chi connectivity index (χ0) is 20.2. The van der Waals surface area contributed by atoms with Gasteiger partial charge in [0, 0.05) is 23.5 Å². The summed E-state index contributed by atoms with van der Waals surface area (Å²) in [6.45, 7) is 5.50. The van der Waals surface area contributed by atoms with Gasteiger partial charge in [-0.05, 0) is 42.3 Å². The van der Waals surface area contributed by atoms with E-state index in [1.54, 1.807) is 24.3 Å². The van der Waals surface area contributed by atoms with Crippen LogP contribution in [0.1, 0.15) is 25.0 Å². The molecular weight excluding hydrogens is 364 g/mol. The van der Waals surface area contributed by atoms with E-state index in [2.05, 4.69) is 10.6 Å². The van der Waals surface area contributed by atoms with Crippen molar-refractivity contribution in [3.05, 3.63) is 53.6 Å². The third kappa shape index (κ3) is 5.92. The predicted molar refractivity (Wildman–Crippen MR) is 107 cm³/mol. The highest BCUT2D eigenvalue weighted by molar-refractivity contribution is 7.90. The Bertz CT molecular complexity index is 948. The largest absolute Gasteiger partial charge is 0.326 e. The summed E-state index contributed by atoms with van der Waals surface area (Å²) in [5.41, 5.74) is 2.85. The molecule has 0 aliphatic heterocycles. The molecule has 0 fully saturated rings. The summed E-state index contributed by atoms with van der Waals surface area (Å²) < 4.78 is 23.0. The van der Waals surface area contributed by atoms with E-state index in [0.717, 1.165) is 11.8 Å². The van der Waals surface area contributed by atoms with Crippen LogP contribution in [-0.4, -0.2) is 26.5 Å². The highest BCUT2D eigenvalue weighted by Crippen LogP contribution is 2.21. The van der Waals surface area contributed by atoms with Gasteiger partial charge in [-0.25, -0.2) is 8.42 Å². The molecule has 0 aromatic heterocycles. The maximum absolute atomic E-state index is 12.3. The van der Waals surface area contributed by atoms with Crippen LogP contribution in [0, 0.1) is 12.8 Å². The Balaban J connectivity index is 2.06. The second kappa shape index (κ2) is 8.35. The minimum atomic E-state index is -3.26. The predicted octanol–water partition coefficient (Wildman–Crippen LogP) is 3.17. The van der Waals surface area contributed by atoms with Crippen LogP contribution in [0.4, 0.5) is 11.4 Å². The molecule has 2 rings (SSSR count). The Morgan fingerprint density at radius 2 is 1.63 bits per heavy atom. The molecule has 2 N–H and O–H groups in total. The number of carbonyl (C=O) groups is 2. The average Bonchev–Trinajstić information content (AvgIpc) is 2.57. The van der Waals surface area contributed by atoms with E-state index < -0.39 is 9.84 Å². The standard InChI is InChI=1S/C20H24N2O4S/c1-13(2)20(24)22-18-12-16(8-5-14(18)3)21-19(23)11-15-6-9-17(10-7-15)27(4,25)26/h5-10,12-13H,11H2,1-4H3,(H,21,23)(H,22,24). The lowest BCUT2D eigenvalue weighted by atomic mass is 10.1. The van der Waals surface area contributed by atoms with Crippen molar-refractivity contribution in [1.29, 1.82) is 0 Å². The number of aryl methyl sites for hydroxylation is 1. The fourth-order valence-corrected chi connectivity index (χ4v) is 2.99. The molecule has 0 heterocycles. The number of anilines is 2. The van der Waals surface area contributed by atoms with Gasteiger partial charge in [0.25, 0.3) is 0 Å². The number of hydrogen-bond acceptors (Lipinski definition) is 4. The Morgan fingerprint density at radius 1 is 1.00 bits per heavy atom. The van der Waals surface area contributed by atoms with E-state index >= 15 is 0 Å². The zero-order valence-electron chi connectivity index (χ0n) is 15.9. The molecule has 0 unspecified atom stereocenters. The minimum Gasteiger partial charge on any atom is -0.326 e. The van der Waals surface area contributed by atoms with Crippen molar-refractivity contribution in [1.82, 2.24) is 0 Å². The molecule has 0 saturated carbocycles. The molecule has 144 valence electrons. The van der Waals surface area contributed by atoms with Crippen LogP contribution in [0.2, 0.25) is 0 Å². The van der Waals surface area contributed by atoms with Crippen LogP contribution >= 0.6 is 0 Å². The zero-order valence-corrected chi connectivity index (χ0v) is 16.7. The van der Waals surface area contributed by atoms with E-state index in [0.29, 0.717) is 16.9 Å². The Kier molecular flexibility index (Phi) is 6.38. The molecule has 27 heavy (non-hydrogen) atoms. The molecular formula is C20H24N2O4S. The van der Waals surface area contributed by atoms with Gasteiger partial charge in [0.2, 0.25) is 11.8 Å². The van der Waals surface area contributed by atoms with E-state index in [4.69, 9.17) is 0 Å². The molecule has 0 aliphatic rings. The molecule has 2 aromatic rings. The van der Waals surface area contributed by atoms with Gasteiger partial charge in [-0.3, -0.25) is 9.59 Å². The molecule has 2 amide bonds. The normalized spacial score (nSPS) is 11.3. The van der Waals surface area contributed by atoms with Gasteiger partial charge in [-0.15, -0.1) is 0 Å². The quantitative estimate of drug-likeness (QED) is 0.795. The number of amides is 2. The first-order valence-electron chi connectivity index (χ1n) is 8.56. The lowest BCUT2D eigenvalue weighted by Crippen LogP contribution is -2.19. The van der Waals surface area contributed by atoms with Crippen molar-refractivity contribution in [2.24, 2.45) is 5.92 Å². The Hall–Kier alpha value is -2.67. The smallest absolute Gasteiger partial charge is 0.228 e. The first-order chi connectivity index (χ1) is 12.6. The van der Waals surface area contributed by atoms with Crippen LogP contribution in [-0.2, 0) is 25.8 Å². The fourth-order valence-electron chi connectivity index (χ4n) is 2.36. The molecule has 6 nitrogen and oxygen atoms in total. The summed E-state index contributed by atoms with van der Waals surface area (Å²) in [4.78, 5) is 24.4. The third-order valence-corrected chi connectivity index (χ3v) is 5.15. The van der Waals surface area contributed by atoms with E-state index in [-0.39, 0.29) is 29.0 Å². The van der Waals surface area contributed by atoms with E-state index in [9.17, 15) is 18.0 Å². The molecule has 0 atom stereocenters. The summed E-state index contributed by atoms with van der Waals surface area (Å²) in [6.07, 6.45) is 1.26. The highest BCUT2D eigenvalue weighted by Gasteiger charge is 2.11. The Labute approximate surface area is 159 Å². The SMILES string of the molecule is Cc1ccc(NC(=O)Cc2ccc(S(C)(=O)=O)cc2)cc1NC(=O)C(C)C. The summed E-state index contributed by atoms with van der Waals surface area (Å²) in [7, 11) is -3.26. The number of rotatable bonds is 6. The highest BCUT2D eigenvalue weighted by atomic mass is 32.2. The fraction of sp³-hybridized carbons (Fsp3) is 0.300. The van der Waals surface area contributed by atoms with E-state index in [1.165, 1.54) is 12.1 Å². The molecule has 0 saturated heterocycles. The van der Waals surface area contributed by atoms with Gasteiger partial charge in [-0.2, -0.15) is 0 Å². The maximum Gasteiger partial charge on any atom is 0.228 e. The number of sulfone groups is 1. The van der Waals surface area contributed by atoms with Crippen LogP contribution in [0.3, 0.4) is 0 Å². The van der Waals surface area contributed by atoms with Crippen LogP contribution in [0.25, 0.3) is 0 Å². The van der Waals surface area contributed by atoms with Crippen LogP contribution in [0.15, 0.2) is 47.4 Å². The van der Waals surface area contributed by atoms with Gasteiger partial charge >= 0.3 is 0 Å². The minimum absolute atomic E-state index is 0.0902. The number of benzene rings is 2. The summed E-state index contributed by atoms with van der Waals surface area (Å²) in [5.74, 6) is -0.461. The van der Waals surface area contributed by atoms with Crippen LogP contribution < -0.4 is 10.6 Å². The summed E-state index contributed by atoms with van der Waals surface area (Å²) in [5, 5.41) is 5.64. The number of carbonyl (C=O) groups excluding carboxylic acids is 2. The molecule has 0 spiro atoms. The van der Waals surface area contributed by atoms with Crippen molar-refractivity contribution < 1.29 is 18.0 Å². The van der Waals surface area contributed by atoms with Gasteiger partial charge in [0.15, 0.2) is 9.84 Å². The van der Waals surface area contributed by atoms with Crippen LogP contribution in [0.5, 0.6) is 0 Å². The lowest BCUT2D eigenvalue weighted by molar-refractivity contribution is -0.119. The lowest BCUT2D eigenvalue weighted by Gasteiger charge is -2.13. The van der Waals surface area contributed by atoms with Gasteiger partial charge < -0.3 is 10.6 Å². The Morgan fingerprint density at radius 3 is 2.19 bits per heavy atom. The molecule has 0 aliphatic carbocycles. The first kappa shape index (κ1) is 20.6. The van der Waals surface area contributed by atoms with E-state index in [1.807, 2.05) is 26.8 Å². The molecule has 7 heteroatoms. The maximum atomic E-state index is 12.3. The number of nitrogens with one attached hydrogen (secondary N) is 2. The van der Waals surface area contributed by atoms with Crippen molar-refractivity contribution in [3.8, 4) is 0 Å². The average molecular weight is 388 g/mol.